The zero-order valence-electron chi connectivity index (χ0n) is 15.1. The van der Waals surface area contributed by atoms with E-state index in [2.05, 4.69) is 10.6 Å². The van der Waals surface area contributed by atoms with Crippen molar-refractivity contribution in [3.63, 3.8) is 0 Å². The maximum absolute atomic E-state index is 12.3. The number of carbonyl (C=O) groups is 2. The highest BCUT2D eigenvalue weighted by molar-refractivity contribution is 7.89. The third-order valence-electron chi connectivity index (χ3n) is 4.14. The van der Waals surface area contributed by atoms with Crippen LogP contribution >= 0.6 is 22.9 Å². The lowest BCUT2D eigenvalue weighted by Gasteiger charge is -2.07. The lowest BCUT2D eigenvalue weighted by Crippen LogP contribution is -2.37. The molecule has 1 heterocycles. The second-order valence-corrected chi connectivity index (χ2v) is 9.20. The number of nitrogens with one attached hydrogen (secondary N) is 2. The molecule has 29 heavy (non-hydrogen) atoms. The van der Waals surface area contributed by atoms with Crippen LogP contribution in [0.5, 0.6) is 0 Å². The summed E-state index contributed by atoms with van der Waals surface area (Å²) in [6, 6.07) is 13.5. The molecular weight excluding hydrogens is 434 g/mol. The molecule has 0 spiro atoms. The highest BCUT2D eigenvalue weighted by atomic mass is 35.5. The molecule has 2 aromatic carbocycles. The minimum absolute atomic E-state index is 0.0351. The third kappa shape index (κ3) is 5.33. The van der Waals surface area contributed by atoms with Crippen molar-refractivity contribution in [3.8, 4) is 0 Å². The standard InChI is InChI=1S/C19H18ClN3O4S2/c20-17-14-3-1-2-4-15(14)28-18(17)19(25)23-11-16(24)22-10-9-12-5-7-13(8-6-12)29(21,26)27/h1-8H,9-11H2,(H,22,24)(H,23,25)(H2,21,26,27). The minimum atomic E-state index is -3.72. The van der Waals surface area contributed by atoms with Crippen molar-refractivity contribution in [2.75, 3.05) is 13.1 Å². The van der Waals surface area contributed by atoms with E-state index in [0.717, 1.165) is 15.6 Å². The summed E-state index contributed by atoms with van der Waals surface area (Å²) in [5, 5.41) is 11.5. The van der Waals surface area contributed by atoms with Crippen LogP contribution in [0.15, 0.2) is 53.4 Å². The molecule has 0 radical (unpaired) electrons. The van der Waals surface area contributed by atoms with E-state index in [1.165, 1.54) is 23.5 Å². The van der Waals surface area contributed by atoms with Crippen molar-refractivity contribution in [2.45, 2.75) is 11.3 Å². The van der Waals surface area contributed by atoms with Crippen LogP contribution in [-0.2, 0) is 21.2 Å². The molecule has 0 saturated heterocycles. The van der Waals surface area contributed by atoms with E-state index in [-0.39, 0.29) is 17.3 Å². The highest BCUT2D eigenvalue weighted by Crippen LogP contribution is 2.34. The summed E-state index contributed by atoms with van der Waals surface area (Å²) in [4.78, 5) is 24.7. The Morgan fingerprint density at radius 3 is 2.38 bits per heavy atom. The number of hydrogen-bond acceptors (Lipinski definition) is 5. The quantitative estimate of drug-likeness (QED) is 0.510. The first-order valence-corrected chi connectivity index (χ1v) is 11.3. The fraction of sp³-hybridized carbons (Fsp3) is 0.158. The molecule has 3 aromatic rings. The van der Waals surface area contributed by atoms with Crippen molar-refractivity contribution >= 4 is 54.9 Å². The Kier molecular flexibility index (Phi) is 6.53. The Hall–Kier alpha value is -2.46. The Labute approximate surface area is 176 Å². The number of primary sulfonamides is 1. The summed E-state index contributed by atoms with van der Waals surface area (Å²) in [5.41, 5.74) is 0.846. The number of benzene rings is 2. The minimum Gasteiger partial charge on any atom is -0.354 e. The topological polar surface area (TPSA) is 118 Å². The van der Waals surface area contributed by atoms with E-state index in [0.29, 0.717) is 22.9 Å². The van der Waals surface area contributed by atoms with E-state index in [4.69, 9.17) is 16.7 Å². The number of nitrogens with two attached hydrogens (primary N) is 1. The molecule has 1 aromatic heterocycles. The zero-order chi connectivity index (χ0) is 21.0. The molecule has 0 unspecified atom stereocenters. The van der Waals surface area contributed by atoms with Crippen LogP contribution in [0.2, 0.25) is 5.02 Å². The number of carbonyl (C=O) groups excluding carboxylic acids is 2. The lowest BCUT2D eigenvalue weighted by atomic mass is 10.1. The number of thiophene rings is 1. The number of hydrogen-bond donors (Lipinski definition) is 3. The third-order valence-corrected chi connectivity index (χ3v) is 6.74. The molecule has 0 bridgehead atoms. The number of rotatable bonds is 7. The van der Waals surface area contributed by atoms with Gasteiger partial charge >= 0.3 is 0 Å². The van der Waals surface area contributed by atoms with Crippen LogP contribution in [0.1, 0.15) is 15.2 Å². The number of amides is 2. The van der Waals surface area contributed by atoms with Gasteiger partial charge in [0.05, 0.1) is 16.5 Å². The summed E-state index contributed by atoms with van der Waals surface area (Å²) in [7, 11) is -3.72. The first kappa shape index (κ1) is 21.3. The smallest absolute Gasteiger partial charge is 0.263 e. The average molecular weight is 452 g/mol. The summed E-state index contributed by atoms with van der Waals surface area (Å²) in [6.07, 6.45) is 0.507. The molecule has 2 amide bonds. The predicted octanol–water partition coefficient (Wildman–Crippen LogP) is 2.29. The van der Waals surface area contributed by atoms with Crippen molar-refractivity contribution in [1.29, 1.82) is 0 Å². The second kappa shape index (κ2) is 8.91. The van der Waals surface area contributed by atoms with Crippen molar-refractivity contribution in [1.82, 2.24) is 10.6 Å². The molecule has 7 nitrogen and oxygen atoms in total. The fourth-order valence-corrected chi connectivity index (χ4v) is 4.60. The Morgan fingerprint density at radius 2 is 1.72 bits per heavy atom. The molecule has 0 fully saturated rings. The molecule has 10 heteroatoms. The number of halogens is 1. The van der Waals surface area contributed by atoms with Crippen LogP contribution in [0.25, 0.3) is 10.1 Å². The normalized spacial score (nSPS) is 11.4. The van der Waals surface area contributed by atoms with Gasteiger partial charge in [0, 0.05) is 16.6 Å². The number of fused-ring (bicyclic) bond motifs is 1. The van der Waals surface area contributed by atoms with Crippen LogP contribution in [0.3, 0.4) is 0 Å². The van der Waals surface area contributed by atoms with Gasteiger partial charge in [0.1, 0.15) is 4.88 Å². The van der Waals surface area contributed by atoms with Gasteiger partial charge in [-0.2, -0.15) is 0 Å². The first-order valence-electron chi connectivity index (χ1n) is 8.59. The van der Waals surface area contributed by atoms with E-state index in [1.807, 2.05) is 24.3 Å². The molecule has 0 saturated carbocycles. The van der Waals surface area contributed by atoms with Gasteiger partial charge in [0.25, 0.3) is 5.91 Å². The van der Waals surface area contributed by atoms with E-state index < -0.39 is 15.9 Å². The number of sulfonamides is 1. The van der Waals surface area contributed by atoms with Crippen molar-refractivity contribution in [3.05, 3.63) is 64.0 Å². The van der Waals surface area contributed by atoms with Crippen LogP contribution in [0, 0.1) is 0 Å². The summed E-state index contributed by atoms with van der Waals surface area (Å²) in [6.45, 7) is 0.167. The molecule has 152 valence electrons. The van der Waals surface area contributed by atoms with E-state index in [9.17, 15) is 18.0 Å². The molecule has 4 N–H and O–H groups in total. The summed E-state index contributed by atoms with van der Waals surface area (Å²) in [5.74, 6) is -0.735. The van der Waals surface area contributed by atoms with Crippen molar-refractivity contribution in [2.24, 2.45) is 5.14 Å². The van der Waals surface area contributed by atoms with Gasteiger partial charge < -0.3 is 10.6 Å². The molecule has 0 aliphatic heterocycles. The fourth-order valence-electron chi connectivity index (χ4n) is 2.66. The molecule has 3 rings (SSSR count). The van der Waals surface area contributed by atoms with Crippen LogP contribution < -0.4 is 15.8 Å². The summed E-state index contributed by atoms with van der Waals surface area (Å²) < 4.78 is 23.4. The largest absolute Gasteiger partial charge is 0.354 e. The second-order valence-electron chi connectivity index (χ2n) is 6.21. The zero-order valence-corrected chi connectivity index (χ0v) is 17.5. The Morgan fingerprint density at radius 1 is 1.03 bits per heavy atom. The van der Waals surface area contributed by atoms with Gasteiger partial charge in [-0.1, -0.05) is 41.9 Å². The lowest BCUT2D eigenvalue weighted by molar-refractivity contribution is -0.120. The highest BCUT2D eigenvalue weighted by Gasteiger charge is 2.17. The molecular formula is C19H18ClN3O4S2. The maximum atomic E-state index is 12.3. The van der Waals surface area contributed by atoms with Gasteiger partial charge in [-0.25, -0.2) is 13.6 Å². The monoisotopic (exact) mass is 451 g/mol. The van der Waals surface area contributed by atoms with Crippen molar-refractivity contribution < 1.29 is 18.0 Å². The Bertz CT molecular complexity index is 1160. The van der Waals surface area contributed by atoms with Crippen LogP contribution in [-0.4, -0.2) is 33.3 Å². The maximum Gasteiger partial charge on any atom is 0.263 e. The Balaban J connectivity index is 1.47. The van der Waals surface area contributed by atoms with Gasteiger partial charge in [0.2, 0.25) is 15.9 Å². The van der Waals surface area contributed by atoms with E-state index in [1.54, 1.807) is 12.1 Å². The average Bonchev–Trinajstić information content (AvgIpc) is 3.03. The predicted molar refractivity (Wildman–Crippen MR) is 114 cm³/mol. The van der Waals surface area contributed by atoms with Gasteiger partial charge in [-0.15, -0.1) is 11.3 Å². The first-order chi connectivity index (χ1) is 13.8. The molecule has 0 aliphatic rings. The molecule has 0 aliphatic carbocycles. The van der Waals surface area contributed by atoms with Crippen LogP contribution in [0.4, 0.5) is 0 Å². The van der Waals surface area contributed by atoms with E-state index >= 15 is 0 Å². The SMILES string of the molecule is NS(=O)(=O)c1ccc(CCNC(=O)CNC(=O)c2sc3ccccc3c2Cl)cc1. The molecule has 0 atom stereocenters. The van der Waals surface area contributed by atoms with Gasteiger partial charge in [0.15, 0.2) is 0 Å². The van der Waals surface area contributed by atoms with Gasteiger partial charge in [-0.3, -0.25) is 9.59 Å². The summed E-state index contributed by atoms with van der Waals surface area (Å²) >= 11 is 7.54. The van der Waals surface area contributed by atoms with Gasteiger partial charge in [-0.05, 0) is 30.2 Å².